The largest absolute Gasteiger partial charge is 0.465 e. The van der Waals surface area contributed by atoms with Gasteiger partial charge in [0.25, 0.3) is 0 Å². The average Bonchev–Trinajstić information content (AvgIpc) is 1.97. The Hall–Kier alpha value is -0.220. The molecule has 66 valence electrons. The second kappa shape index (κ2) is 6.49. The van der Waals surface area contributed by atoms with Gasteiger partial charge in [0.15, 0.2) is 0 Å². The molecule has 0 unspecified atom stereocenters. The third-order valence-corrected chi connectivity index (χ3v) is 1.40. The van der Waals surface area contributed by atoms with Crippen LogP contribution in [0.15, 0.2) is 0 Å². The number of hydrogen-bond acceptors (Lipinski definition) is 4. The van der Waals surface area contributed by atoms with Crippen molar-refractivity contribution in [1.29, 1.82) is 0 Å². The van der Waals surface area contributed by atoms with Crippen molar-refractivity contribution in [1.82, 2.24) is 4.90 Å². The maximum absolute atomic E-state index is 10.5. The molecule has 0 aliphatic carbocycles. The average molecular weight is 177 g/mol. The standard InChI is InChI=1S/C7H15NO2S/c1-8(2)4-3-5-10-7(9)6-11/h11H,3-6H2,1-2H3. The topological polar surface area (TPSA) is 29.5 Å². The molecule has 0 saturated carbocycles. The van der Waals surface area contributed by atoms with Crippen LogP contribution in [0.2, 0.25) is 0 Å². The maximum atomic E-state index is 10.5. The summed E-state index contributed by atoms with van der Waals surface area (Å²) in [6, 6.07) is 0. The Kier molecular flexibility index (Phi) is 6.36. The van der Waals surface area contributed by atoms with E-state index in [1.54, 1.807) is 0 Å². The van der Waals surface area contributed by atoms with Crippen LogP contribution in [0.5, 0.6) is 0 Å². The zero-order valence-electron chi connectivity index (χ0n) is 7.04. The normalized spacial score (nSPS) is 10.2. The van der Waals surface area contributed by atoms with Crippen LogP contribution in [0.3, 0.4) is 0 Å². The minimum Gasteiger partial charge on any atom is -0.465 e. The smallest absolute Gasteiger partial charge is 0.315 e. The second-order valence-corrected chi connectivity index (χ2v) is 2.85. The van der Waals surface area contributed by atoms with E-state index in [2.05, 4.69) is 17.5 Å². The van der Waals surface area contributed by atoms with E-state index in [1.165, 1.54) is 0 Å². The van der Waals surface area contributed by atoms with Crippen molar-refractivity contribution in [3.63, 3.8) is 0 Å². The number of carbonyl (C=O) groups is 1. The highest BCUT2D eigenvalue weighted by Crippen LogP contribution is 1.87. The summed E-state index contributed by atoms with van der Waals surface area (Å²) in [6.45, 7) is 1.44. The van der Waals surface area contributed by atoms with Gasteiger partial charge in [-0.25, -0.2) is 0 Å². The van der Waals surface area contributed by atoms with E-state index in [4.69, 9.17) is 4.74 Å². The molecular weight excluding hydrogens is 162 g/mol. The van der Waals surface area contributed by atoms with Crippen LogP contribution in [0.25, 0.3) is 0 Å². The van der Waals surface area contributed by atoms with Gasteiger partial charge in [-0.3, -0.25) is 4.79 Å². The first kappa shape index (κ1) is 10.8. The first-order chi connectivity index (χ1) is 5.16. The molecule has 0 amide bonds. The number of esters is 1. The van der Waals surface area contributed by atoms with Crippen LogP contribution < -0.4 is 0 Å². The molecule has 0 heterocycles. The third kappa shape index (κ3) is 7.68. The molecular formula is C7H15NO2S. The number of nitrogens with zero attached hydrogens (tertiary/aromatic N) is 1. The number of carbonyl (C=O) groups excluding carboxylic acids is 1. The van der Waals surface area contributed by atoms with Crippen molar-refractivity contribution < 1.29 is 9.53 Å². The molecule has 0 aliphatic heterocycles. The van der Waals surface area contributed by atoms with Gasteiger partial charge >= 0.3 is 5.97 Å². The predicted molar refractivity (Wildman–Crippen MR) is 48.0 cm³/mol. The lowest BCUT2D eigenvalue weighted by atomic mass is 10.4. The summed E-state index contributed by atoms with van der Waals surface area (Å²) in [5.74, 6) is -0.0748. The highest BCUT2D eigenvalue weighted by Gasteiger charge is 1.97. The van der Waals surface area contributed by atoms with Gasteiger partial charge < -0.3 is 9.64 Å². The van der Waals surface area contributed by atoms with Gasteiger partial charge in [0, 0.05) is 6.54 Å². The molecule has 11 heavy (non-hydrogen) atoms. The van der Waals surface area contributed by atoms with Crippen LogP contribution in [-0.4, -0.2) is 43.9 Å². The molecule has 0 aromatic carbocycles. The number of thiol groups is 1. The van der Waals surface area contributed by atoms with E-state index in [9.17, 15) is 4.79 Å². The lowest BCUT2D eigenvalue weighted by Crippen LogP contribution is -2.16. The summed E-state index contributed by atoms with van der Waals surface area (Å²) < 4.78 is 4.80. The Morgan fingerprint density at radius 1 is 1.55 bits per heavy atom. The van der Waals surface area contributed by atoms with Crippen molar-refractivity contribution in [3.8, 4) is 0 Å². The number of ether oxygens (including phenoxy) is 1. The second-order valence-electron chi connectivity index (χ2n) is 2.54. The SMILES string of the molecule is CN(C)CCCOC(=O)CS. The molecule has 4 heteroatoms. The van der Waals surface area contributed by atoms with Gasteiger partial charge in [-0.15, -0.1) is 0 Å². The fraction of sp³-hybridized carbons (Fsp3) is 0.857. The molecule has 0 aliphatic rings. The third-order valence-electron chi connectivity index (χ3n) is 1.14. The van der Waals surface area contributed by atoms with Crippen LogP contribution in [0, 0.1) is 0 Å². The van der Waals surface area contributed by atoms with Gasteiger partial charge in [-0.05, 0) is 20.5 Å². The fourth-order valence-electron chi connectivity index (χ4n) is 0.612. The Bertz CT molecular complexity index is 117. The molecule has 0 fully saturated rings. The van der Waals surface area contributed by atoms with Crippen molar-refractivity contribution in [2.24, 2.45) is 0 Å². The van der Waals surface area contributed by atoms with Gasteiger partial charge in [-0.1, -0.05) is 0 Å². The van der Waals surface area contributed by atoms with E-state index in [1.807, 2.05) is 14.1 Å². The molecule has 3 nitrogen and oxygen atoms in total. The minimum absolute atomic E-state index is 0.169. The lowest BCUT2D eigenvalue weighted by molar-refractivity contribution is -0.140. The van der Waals surface area contributed by atoms with E-state index in [0.29, 0.717) is 6.61 Å². The van der Waals surface area contributed by atoms with Crippen LogP contribution >= 0.6 is 12.6 Å². The van der Waals surface area contributed by atoms with E-state index in [0.717, 1.165) is 13.0 Å². The minimum atomic E-state index is -0.243. The monoisotopic (exact) mass is 177 g/mol. The number of hydrogen-bond donors (Lipinski definition) is 1. The van der Waals surface area contributed by atoms with Crippen molar-refractivity contribution in [3.05, 3.63) is 0 Å². The maximum Gasteiger partial charge on any atom is 0.315 e. The van der Waals surface area contributed by atoms with Crippen molar-refractivity contribution in [2.75, 3.05) is 33.0 Å². The van der Waals surface area contributed by atoms with Crippen LogP contribution in [-0.2, 0) is 9.53 Å². The Labute approximate surface area is 73.1 Å². The lowest BCUT2D eigenvalue weighted by Gasteiger charge is -2.08. The Balaban J connectivity index is 3.08. The van der Waals surface area contributed by atoms with Crippen molar-refractivity contribution in [2.45, 2.75) is 6.42 Å². The highest BCUT2D eigenvalue weighted by atomic mass is 32.1. The van der Waals surface area contributed by atoms with Crippen LogP contribution in [0.4, 0.5) is 0 Å². The van der Waals surface area contributed by atoms with Gasteiger partial charge in [0.2, 0.25) is 0 Å². The Morgan fingerprint density at radius 3 is 2.64 bits per heavy atom. The molecule has 0 spiro atoms. The zero-order chi connectivity index (χ0) is 8.69. The summed E-state index contributed by atoms with van der Waals surface area (Å²) in [4.78, 5) is 12.6. The molecule has 0 bridgehead atoms. The quantitative estimate of drug-likeness (QED) is 0.375. The van der Waals surface area contributed by atoms with E-state index < -0.39 is 0 Å². The predicted octanol–water partition coefficient (Wildman–Crippen LogP) is 0.411. The molecule has 0 N–H and O–H groups in total. The molecule has 0 radical (unpaired) electrons. The molecule has 0 aromatic heterocycles. The summed E-state index contributed by atoms with van der Waals surface area (Å²) in [7, 11) is 3.97. The summed E-state index contributed by atoms with van der Waals surface area (Å²) >= 11 is 3.77. The Morgan fingerprint density at radius 2 is 2.18 bits per heavy atom. The molecule has 0 saturated heterocycles. The van der Waals surface area contributed by atoms with Crippen LogP contribution in [0.1, 0.15) is 6.42 Å². The fourth-order valence-corrected chi connectivity index (χ4v) is 0.704. The highest BCUT2D eigenvalue weighted by molar-refractivity contribution is 7.81. The summed E-state index contributed by atoms with van der Waals surface area (Å²) in [5, 5.41) is 0. The molecule has 0 atom stereocenters. The molecule has 0 aromatic rings. The summed E-state index contributed by atoms with van der Waals surface area (Å²) in [5.41, 5.74) is 0. The number of rotatable bonds is 5. The zero-order valence-corrected chi connectivity index (χ0v) is 7.93. The van der Waals surface area contributed by atoms with Gasteiger partial charge in [0.05, 0.1) is 12.4 Å². The van der Waals surface area contributed by atoms with Crippen molar-refractivity contribution >= 4 is 18.6 Å². The van der Waals surface area contributed by atoms with Gasteiger partial charge in [0.1, 0.15) is 0 Å². The van der Waals surface area contributed by atoms with E-state index in [-0.39, 0.29) is 11.7 Å². The van der Waals surface area contributed by atoms with E-state index >= 15 is 0 Å². The first-order valence-corrected chi connectivity index (χ1v) is 4.21. The van der Waals surface area contributed by atoms with Gasteiger partial charge in [-0.2, -0.15) is 12.6 Å². The first-order valence-electron chi connectivity index (χ1n) is 3.58. The summed E-state index contributed by atoms with van der Waals surface area (Å²) in [6.07, 6.45) is 0.881. The molecule has 0 rings (SSSR count).